The van der Waals surface area contributed by atoms with Crippen LogP contribution in [0.3, 0.4) is 0 Å². The molecule has 1 saturated heterocycles. The maximum atomic E-state index is 6.12. The van der Waals surface area contributed by atoms with Crippen LogP contribution in [0.1, 0.15) is 31.7 Å². The van der Waals surface area contributed by atoms with Gasteiger partial charge in [-0.05, 0) is 35.9 Å². The lowest BCUT2D eigenvalue weighted by molar-refractivity contribution is -0.0933. The highest BCUT2D eigenvalue weighted by molar-refractivity contribution is 5.66. The lowest BCUT2D eigenvalue weighted by atomic mass is 10.0. The first-order valence-electron chi connectivity index (χ1n) is 7.92. The van der Waals surface area contributed by atoms with Gasteiger partial charge in [-0.2, -0.15) is 0 Å². The maximum Gasteiger partial charge on any atom is 0.174 e. The van der Waals surface area contributed by atoms with Crippen molar-refractivity contribution in [1.82, 2.24) is 20.2 Å². The van der Waals surface area contributed by atoms with Gasteiger partial charge < -0.3 is 9.47 Å². The third-order valence-electron chi connectivity index (χ3n) is 3.77. The lowest BCUT2D eigenvalue weighted by Gasteiger charge is -2.29. The van der Waals surface area contributed by atoms with Gasteiger partial charge in [0.1, 0.15) is 5.60 Å². The molecule has 23 heavy (non-hydrogen) atoms. The van der Waals surface area contributed by atoms with Gasteiger partial charge in [0.25, 0.3) is 0 Å². The number of benzene rings is 1. The van der Waals surface area contributed by atoms with Gasteiger partial charge >= 0.3 is 0 Å². The smallest absolute Gasteiger partial charge is 0.174 e. The van der Waals surface area contributed by atoms with E-state index in [1.807, 2.05) is 56.3 Å². The molecule has 0 radical (unpaired) electrons. The van der Waals surface area contributed by atoms with Crippen molar-refractivity contribution in [2.45, 2.75) is 38.5 Å². The Hall–Kier alpha value is -2.05. The van der Waals surface area contributed by atoms with Crippen LogP contribution in [0.2, 0.25) is 0 Å². The summed E-state index contributed by atoms with van der Waals surface area (Å²) in [6, 6.07) is 10.1. The Kier molecular flexibility index (Phi) is 4.83. The zero-order chi connectivity index (χ0) is 16.1. The maximum absolute atomic E-state index is 6.12. The van der Waals surface area contributed by atoms with E-state index in [1.165, 1.54) is 0 Å². The van der Waals surface area contributed by atoms with Crippen molar-refractivity contribution < 1.29 is 9.47 Å². The van der Waals surface area contributed by atoms with Crippen LogP contribution < -0.4 is 0 Å². The molecule has 2 aromatic rings. The Balaban J connectivity index is 1.76. The molecular formula is C17H22N4O2. The van der Waals surface area contributed by atoms with Gasteiger partial charge in [0, 0.05) is 13.0 Å². The number of hydrogen-bond acceptors (Lipinski definition) is 5. The largest absolute Gasteiger partial charge is 0.378 e. The van der Waals surface area contributed by atoms with E-state index >= 15 is 0 Å². The summed E-state index contributed by atoms with van der Waals surface area (Å²) in [4.78, 5) is 0. The highest BCUT2D eigenvalue weighted by atomic mass is 16.6. The fraction of sp³-hybridized carbons (Fsp3) is 0.471. The number of aromatic nitrogens is 4. The highest BCUT2D eigenvalue weighted by Gasteiger charge is 2.38. The molecule has 0 N–H and O–H groups in total. The molecule has 1 aliphatic heterocycles. The van der Waals surface area contributed by atoms with E-state index in [2.05, 4.69) is 15.5 Å². The number of nitrogens with zero attached hydrogens (tertiary/aromatic N) is 4. The average molecular weight is 314 g/mol. The van der Waals surface area contributed by atoms with Crippen LogP contribution in [0.5, 0.6) is 0 Å². The molecule has 122 valence electrons. The summed E-state index contributed by atoms with van der Waals surface area (Å²) in [6.45, 7) is 5.95. The summed E-state index contributed by atoms with van der Waals surface area (Å²) in [5.74, 6) is 0.715. The molecule has 0 saturated carbocycles. The summed E-state index contributed by atoms with van der Waals surface area (Å²) < 4.78 is 13.5. The number of ether oxygens (including phenoxy) is 2. The van der Waals surface area contributed by atoms with Crippen molar-refractivity contribution in [2.24, 2.45) is 0 Å². The van der Waals surface area contributed by atoms with E-state index in [9.17, 15) is 0 Å². The van der Waals surface area contributed by atoms with E-state index in [4.69, 9.17) is 9.47 Å². The van der Waals surface area contributed by atoms with Crippen molar-refractivity contribution in [3.8, 4) is 0 Å². The lowest BCUT2D eigenvalue weighted by Crippen LogP contribution is -2.40. The van der Waals surface area contributed by atoms with E-state index in [0.717, 1.165) is 12.0 Å². The van der Waals surface area contributed by atoms with E-state index in [1.54, 1.807) is 4.68 Å². The van der Waals surface area contributed by atoms with Gasteiger partial charge in [0.2, 0.25) is 0 Å². The number of rotatable bonds is 6. The zero-order valence-corrected chi connectivity index (χ0v) is 13.6. The van der Waals surface area contributed by atoms with Crippen LogP contribution in [-0.4, -0.2) is 45.1 Å². The number of tetrazole rings is 1. The van der Waals surface area contributed by atoms with Gasteiger partial charge in [-0.3, -0.25) is 0 Å². The molecule has 1 fully saturated rings. The summed E-state index contributed by atoms with van der Waals surface area (Å²) in [6.07, 6.45) is 4.92. The summed E-state index contributed by atoms with van der Waals surface area (Å²) in [5, 5.41) is 12.0. The normalized spacial score (nSPS) is 21.5. The standard InChI is InChI=1S/C17H22N4O2/c1-14(2)23-17(10-11-22-13-17)12-21-16(18-19-20-21)9-8-15-6-4-3-5-7-15/h3-9,14H,10-13H2,1-2H3/b9-8+. The Morgan fingerprint density at radius 2 is 2.13 bits per heavy atom. The predicted octanol–water partition coefficient (Wildman–Crippen LogP) is 2.43. The van der Waals surface area contributed by atoms with Crippen molar-refractivity contribution in [1.29, 1.82) is 0 Å². The van der Waals surface area contributed by atoms with Gasteiger partial charge in [-0.1, -0.05) is 36.4 Å². The Labute approximate surface area is 136 Å². The third kappa shape index (κ3) is 4.03. The van der Waals surface area contributed by atoms with E-state index in [0.29, 0.717) is 25.6 Å². The molecule has 0 amide bonds. The van der Waals surface area contributed by atoms with Gasteiger partial charge in [-0.15, -0.1) is 5.10 Å². The van der Waals surface area contributed by atoms with Crippen LogP contribution in [-0.2, 0) is 16.0 Å². The molecule has 1 aromatic heterocycles. The zero-order valence-electron chi connectivity index (χ0n) is 13.6. The number of hydrogen-bond donors (Lipinski definition) is 0. The molecule has 6 nitrogen and oxygen atoms in total. The van der Waals surface area contributed by atoms with E-state index < -0.39 is 0 Å². The Morgan fingerprint density at radius 3 is 2.83 bits per heavy atom. The summed E-state index contributed by atoms with van der Waals surface area (Å²) >= 11 is 0. The average Bonchev–Trinajstić information content (AvgIpc) is 3.16. The fourth-order valence-electron chi connectivity index (χ4n) is 2.79. The van der Waals surface area contributed by atoms with Crippen LogP contribution >= 0.6 is 0 Å². The molecule has 0 bridgehead atoms. The second kappa shape index (κ2) is 7.02. The second-order valence-electron chi connectivity index (χ2n) is 6.09. The molecule has 1 atom stereocenters. The summed E-state index contributed by atoms with van der Waals surface area (Å²) in [5.41, 5.74) is 0.762. The third-order valence-corrected chi connectivity index (χ3v) is 3.77. The molecule has 0 aliphatic carbocycles. The SMILES string of the molecule is CC(C)OC1(Cn2nnnc2/C=C/c2ccccc2)CCOC1. The first-order valence-corrected chi connectivity index (χ1v) is 7.92. The molecule has 1 unspecified atom stereocenters. The quantitative estimate of drug-likeness (QED) is 0.819. The molecule has 2 heterocycles. The topological polar surface area (TPSA) is 62.1 Å². The van der Waals surface area contributed by atoms with Crippen molar-refractivity contribution in [3.63, 3.8) is 0 Å². The first-order chi connectivity index (χ1) is 11.2. The molecular weight excluding hydrogens is 292 g/mol. The molecule has 0 spiro atoms. The second-order valence-corrected chi connectivity index (χ2v) is 6.09. The predicted molar refractivity (Wildman–Crippen MR) is 87.6 cm³/mol. The van der Waals surface area contributed by atoms with Crippen LogP contribution in [0.25, 0.3) is 12.2 Å². The fourth-order valence-corrected chi connectivity index (χ4v) is 2.79. The minimum atomic E-state index is -0.348. The molecule has 1 aromatic carbocycles. The van der Waals surface area contributed by atoms with Crippen molar-refractivity contribution >= 4 is 12.2 Å². The molecule has 6 heteroatoms. The van der Waals surface area contributed by atoms with Crippen LogP contribution in [0.15, 0.2) is 30.3 Å². The van der Waals surface area contributed by atoms with Gasteiger partial charge in [0.05, 0.1) is 19.3 Å². The van der Waals surface area contributed by atoms with Crippen LogP contribution in [0, 0.1) is 0 Å². The van der Waals surface area contributed by atoms with E-state index in [-0.39, 0.29) is 11.7 Å². The minimum Gasteiger partial charge on any atom is -0.378 e. The monoisotopic (exact) mass is 314 g/mol. The summed E-state index contributed by atoms with van der Waals surface area (Å²) in [7, 11) is 0. The first kappa shape index (κ1) is 15.8. The minimum absolute atomic E-state index is 0.136. The van der Waals surface area contributed by atoms with Crippen molar-refractivity contribution in [3.05, 3.63) is 41.7 Å². The Morgan fingerprint density at radius 1 is 1.30 bits per heavy atom. The van der Waals surface area contributed by atoms with Gasteiger partial charge in [-0.25, -0.2) is 4.68 Å². The van der Waals surface area contributed by atoms with Crippen LogP contribution in [0.4, 0.5) is 0 Å². The molecule has 3 rings (SSSR count). The Bertz CT molecular complexity index is 646. The van der Waals surface area contributed by atoms with Crippen molar-refractivity contribution in [2.75, 3.05) is 13.2 Å². The molecule has 1 aliphatic rings. The highest BCUT2D eigenvalue weighted by Crippen LogP contribution is 2.27. The van der Waals surface area contributed by atoms with Gasteiger partial charge in [0.15, 0.2) is 5.82 Å².